The monoisotopic (exact) mass is 422 g/mol. The van der Waals surface area contributed by atoms with Crippen molar-refractivity contribution in [3.8, 4) is 11.3 Å². The highest BCUT2D eigenvalue weighted by molar-refractivity contribution is 7.98. The van der Waals surface area contributed by atoms with Crippen molar-refractivity contribution in [1.29, 1.82) is 0 Å². The van der Waals surface area contributed by atoms with Crippen molar-refractivity contribution in [1.82, 2.24) is 5.16 Å². The van der Waals surface area contributed by atoms with Crippen LogP contribution in [0.15, 0.2) is 88.3 Å². The molecule has 0 spiro atoms. The first-order valence-electron chi connectivity index (χ1n) is 9.09. The van der Waals surface area contributed by atoms with Crippen LogP contribution in [0.3, 0.4) is 0 Å². The zero-order chi connectivity index (χ0) is 20.9. The van der Waals surface area contributed by atoms with E-state index in [0.29, 0.717) is 22.8 Å². The number of anilines is 1. The molecule has 3 aromatic carbocycles. The number of hydrogen-bond acceptors (Lipinski definition) is 4. The summed E-state index contributed by atoms with van der Waals surface area (Å²) in [5.74, 6) is -0.0395. The fourth-order valence-corrected chi connectivity index (χ4v) is 3.72. The Kier molecular flexibility index (Phi) is 5.90. The van der Waals surface area contributed by atoms with E-state index in [9.17, 15) is 13.6 Å². The zero-order valence-electron chi connectivity index (χ0n) is 15.6. The second kappa shape index (κ2) is 8.92. The van der Waals surface area contributed by atoms with Crippen molar-refractivity contribution in [2.24, 2.45) is 0 Å². The van der Waals surface area contributed by atoms with Crippen LogP contribution in [0.5, 0.6) is 0 Å². The van der Waals surface area contributed by atoms with Crippen molar-refractivity contribution >= 4 is 23.4 Å². The molecule has 4 rings (SSSR count). The maximum atomic E-state index is 13.1. The van der Waals surface area contributed by atoms with Gasteiger partial charge in [0.05, 0.1) is 5.69 Å². The van der Waals surface area contributed by atoms with Gasteiger partial charge in [-0.15, -0.1) is 11.8 Å². The van der Waals surface area contributed by atoms with E-state index in [4.69, 9.17) is 4.52 Å². The minimum atomic E-state index is -0.415. The topological polar surface area (TPSA) is 55.1 Å². The predicted molar refractivity (Wildman–Crippen MR) is 112 cm³/mol. The molecule has 1 amide bonds. The van der Waals surface area contributed by atoms with Gasteiger partial charge in [-0.2, -0.15) is 0 Å². The second-order valence-electron chi connectivity index (χ2n) is 6.45. The lowest BCUT2D eigenvalue weighted by atomic mass is 10.1. The lowest BCUT2D eigenvalue weighted by molar-refractivity contribution is 0.101. The van der Waals surface area contributed by atoms with Crippen molar-refractivity contribution in [2.75, 3.05) is 5.32 Å². The summed E-state index contributed by atoms with van der Waals surface area (Å²) in [6, 6.07) is 21.0. The van der Waals surface area contributed by atoms with Crippen LogP contribution in [0.4, 0.5) is 14.5 Å². The Morgan fingerprint density at radius 1 is 0.933 bits per heavy atom. The van der Waals surface area contributed by atoms with Crippen LogP contribution < -0.4 is 5.32 Å². The number of aromatic nitrogens is 1. The fraction of sp³-hybridized carbons (Fsp3) is 0.0435. The molecule has 0 radical (unpaired) electrons. The van der Waals surface area contributed by atoms with Crippen molar-refractivity contribution in [2.45, 2.75) is 10.6 Å². The molecule has 0 aliphatic heterocycles. The maximum absolute atomic E-state index is 13.1. The zero-order valence-corrected chi connectivity index (χ0v) is 16.5. The molecule has 30 heavy (non-hydrogen) atoms. The predicted octanol–water partition coefficient (Wildman–Crippen LogP) is 6.16. The molecule has 0 unspecified atom stereocenters. The molecule has 4 nitrogen and oxygen atoms in total. The largest absolute Gasteiger partial charge is 0.355 e. The SMILES string of the molecule is O=C(Nc1ccccc1SCc1ccc(F)cc1)c1cc(-c2ccc(F)cc2)on1. The number of halogens is 2. The molecule has 0 saturated heterocycles. The van der Waals surface area contributed by atoms with E-state index in [1.807, 2.05) is 18.2 Å². The second-order valence-corrected chi connectivity index (χ2v) is 7.47. The lowest BCUT2D eigenvalue weighted by Crippen LogP contribution is -2.12. The number of carbonyl (C=O) groups excluding carboxylic acids is 1. The highest BCUT2D eigenvalue weighted by Crippen LogP contribution is 2.30. The molecule has 0 saturated carbocycles. The Hall–Kier alpha value is -3.45. The maximum Gasteiger partial charge on any atom is 0.277 e. The number of carbonyl (C=O) groups is 1. The molecule has 0 bridgehead atoms. The van der Waals surface area contributed by atoms with Crippen molar-refractivity contribution in [3.63, 3.8) is 0 Å². The van der Waals surface area contributed by atoms with Crippen LogP contribution in [-0.2, 0) is 5.75 Å². The molecule has 150 valence electrons. The van der Waals surface area contributed by atoms with Gasteiger partial charge in [-0.3, -0.25) is 4.79 Å². The minimum absolute atomic E-state index is 0.118. The van der Waals surface area contributed by atoms with Gasteiger partial charge in [0.25, 0.3) is 5.91 Å². The smallest absolute Gasteiger partial charge is 0.277 e. The van der Waals surface area contributed by atoms with Crippen LogP contribution in [-0.4, -0.2) is 11.1 Å². The Labute approximate surface area is 175 Å². The summed E-state index contributed by atoms with van der Waals surface area (Å²) >= 11 is 1.53. The number of para-hydroxylation sites is 1. The quantitative estimate of drug-likeness (QED) is 0.378. The minimum Gasteiger partial charge on any atom is -0.355 e. The van der Waals surface area contributed by atoms with Gasteiger partial charge < -0.3 is 9.84 Å². The molecule has 7 heteroatoms. The highest BCUT2D eigenvalue weighted by Gasteiger charge is 2.15. The first kappa shape index (κ1) is 19.8. The molecule has 1 heterocycles. The first-order valence-corrected chi connectivity index (χ1v) is 10.1. The van der Waals surface area contributed by atoms with E-state index in [1.54, 1.807) is 30.3 Å². The molecular formula is C23H16F2N2O2S. The third kappa shape index (κ3) is 4.75. The number of nitrogens with zero attached hydrogens (tertiary/aromatic N) is 1. The van der Waals surface area contributed by atoms with E-state index < -0.39 is 5.91 Å². The molecule has 1 aromatic heterocycles. The number of thioether (sulfide) groups is 1. The van der Waals surface area contributed by atoms with E-state index in [-0.39, 0.29) is 17.3 Å². The summed E-state index contributed by atoms with van der Waals surface area (Å²) < 4.78 is 31.4. The van der Waals surface area contributed by atoms with Crippen LogP contribution >= 0.6 is 11.8 Å². The normalized spacial score (nSPS) is 10.7. The van der Waals surface area contributed by atoms with Gasteiger partial charge in [-0.05, 0) is 54.1 Å². The summed E-state index contributed by atoms with van der Waals surface area (Å²) in [5.41, 5.74) is 2.36. The van der Waals surface area contributed by atoms with Crippen molar-refractivity contribution < 1.29 is 18.1 Å². The van der Waals surface area contributed by atoms with E-state index in [0.717, 1.165) is 10.5 Å². The Morgan fingerprint density at radius 3 is 2.33 bits per heavy atom. The van der Waals surface area contributed by atoms with Gasteiger partial charge in [-0.25, -0.2) is 8.78 Å². The Morgan fingerprint density at radius 2 is 1.60 bits per heavy atom. The molecule has 0 atom stereocenters. The number of rotatable bonds is 6. The fourth-order valence-electron chi connectivity index (χ4n) is 2.76. The molecule has 0 fully saturated rings. The van der Waals surface area contributed by atoms with Gasteiger partial charge in [0.1, 0.15) is 11.6 Å². The number of nitrogens with one attached hydrogen (secondary N) is 1. The highest BCUT2D eigenvalue weighted by atomic mass is 32.2. The Balaban J connectivity index is 1.46. The van der Waals surface area contributed by atoms with E-state index in [2.05, 4.69) is 10.5 Å². The van der Waals surface area contributed by atoms with Gasteiger partial charge in [-0.1, -0.05) is 29.4 Å². The van der Waals surface area contributed by atoms with E-state index >= 15 is 0 Å². The van der Waals surface area contributed by atoms with Crippen LogP contribution in [0.1, 0.15) is 16.1 Å². The van der Waals surface area contributed by atoms with Gasteiger partial charge in [0.2, 0.25) is 0 Å². The average molecular weight is 422 g/mol. The van der Waals surface area contributed by atoms with Crippen LogP contribution in [0.25, 0.3) is 11.3 Å². The van der Waals surface area contributed by atoms with E-state index in [1.165, 1.54) is 42.1 Å². The summed E-state index contributed by atoms with van der Waals surface area (Å²) in [6.45, 7) is 0. The van der Waals surface area contributed by atoms with Gasteiger partial charge >= 0.3 is 0 Å². The van der Waals surface area contributed by atoms with Gasteiger partial charge in [0, 0.05) is 22.3 Å². The van der Waals surface area contributed by atoms with Gasteiger partial charge in [0.15, 0.2) is 11.5 Å². The lowest BCUT2D eigenvalue weighted by Gasteiger charge is -2.10. The summed E-state index contributed by atoms with van der Waals surface area (Å²) in [7, 11) is 0. The molecule has 0 aliphatic rings. The van der Waals surface area contributed by atoms with Crippen LogP contribution in [0, 0.1) is 11.6 Å². The molecule has 1 N–H and O–H groups in total. The Bertz CT molecular complexity index is 1160. The summed E-state index contributed by atoms with van der Waals surface area (Å²) in [6.07, 6.45) is 0. The standard InChI is InChI=1S/C23H16F2N2O2S/c24-17-9-5-15(6-10-17)14-30-22-4-2-1-3-19(22)26-23(28)20-13-21(29-27-20)16-7-11-18(25)12-8-16/h1-13H,14H2,(H,26,28). The first-order chi connectivity index (χ1) is 14.6. The summed E-state index contributed by atoms with van der Waals surface area (Å²) in [5, 5.41) is 6.66. The number of amides is 1. The summed E-state index contributed by atoms with van der Waals surface area (Å²) in [4.78, 5) is 13.5. The third-order valence-electron chi connectivity index (χ3n) is 4.31. The number of hydrogen-bond donors (Lipinski definition) is 1. The molecule has 0 aliphatic carbocycles. The molecule has 4 aromatic rings. The average Bonchev–Trinajstić information content (AvgIpc) is 3.25. The van der Waals surface area contributed by atoms with Crippen LogP contribution in [0.2, 0.25) is 0 Å². The third-order valence-corrected chi connectivity index (χ3v) is 5.46. The number of benzene rings is 3. The van der Waals surface area contributed by atoms with Crippen molar-refractivity contribution in [3.05, 3.63) is 102 Å². The molecular weight excluding hydrogens is 406 g/mol.